The van der Waals surface area contributed by atoms with Crippen LogP contribution in [0, 0.1) is 11.3 Å². The Kier molecular flexibility index (Phi) is 8.36. The van der Waals surface area contributed by atoms with Crippen molar-refractivity contribution in [1.29, 1.82) is 5.26 Å². The van der Waals surface area contributed by atoms with E-state index in [-0.39, 0.29) is 17.6 Å². The van der Waals surface area contributed by atoms with E-state index in [2.05, 4.69) is 22.0 Å². The number of rotatable bonds is 8. The van der Waals surface area contributed by atoms with Crippen molar-refractivity contribution in [3.63, 3.8) is 0 Å². The van der Waals surface area contributed by atoms with Crippen molar-refractivity contribution in [2.45, 2.75) is 26.6 Å². The number of carbonyl (C=O) groups excluding carboxylic acids is 3. The van der Waals surface area contributed by atoms with E-state index in [1.54, 1.807) is 50.3 Å². The normalized spacial score (nSPS) is 14.5. The summed E-state index contributed by atoms with van der Waals surface area (Å²) >= 11 is 4.21. The van der Waals surface area contributed by atoms with Crippen LogP contribution in [0.5, 0.6) is 11.5 Å². The Morgan fingerprint density at radius 3 is 2.68 bits per heavy atom. The van der Waals surface area contributed by atoms with E-state index in [1.165, 1.54) is 7.11 Å². The first-order valence-corrected chi connectivity index (χ1v) is 11.8. The number of methoxy groups -OCH3 is 1. The van der Waals surface area contributed by atoms with Crippen LogP contribution in [0.1, 0.15) is 30.5 Å². The number of ether oxygens (including phenoxy) is 3. The van der Waals surface area contributed by atoms with Gasteiger partial charge in [-0.25, -0.2) is 0 Å². The van der Waals surface area contributed by atoms with Crippen molar-refractivity contribution in [3.8, 4) is 17.6 Å². The van der Waals surface area contributed by atoms with Crippen LogP contribution in [0.2, 0.25) is 0 Å². The summed E-state index contributed by atoms with van der Waals surface area (Å²) in [6, 6.07) is 12.6. The van der Waals surface area contributed by atoms with Gasteiger partial charge in [0.15, 0.2) is 11.5 Å². The van der Waals surface area contributed by atoms with Gasteiger partial charge >= 0.3 is 5.97 Å². The maximum Gasteiger partial charge on any atom is 0.326 e. The molecule has 2 aromatic rings. The molecule has 1 fully saturated rings. The van der Waals surface area contributed by atoms with Gasteiger partial charge in [-0.3, -0.25) is 19.3 Å². The zero-order valence-corrected chi connectivity index (χ0v) is 21.1. The maximum atomic E-state index is 12.7. The molecule has 0 spiro atoms. The third-order valence-corrected chi connectivity index (χ3v) is 6.08. The second-order valence-corrected chi connectivity index (χ2v) is 9.25. The number of hydrogen-bond acceptors (Lipinski definition) is 8. The minimum Gasteiger partial charge on any atom is -0.493 e. The Bertz CT molecular complexity index is 1200. The van der Waals surface area contributed by atoms with Crippen LogP contribution in [0.4, 0.5) is 4.79 Å². The summed E-state index contributed by atoms with van der Waals surface area (Å²) in [4.78, 5) is 37.9. The second-order valence-electron chi connectivity index (χ2n) is 7.40. The summed E-state index contributed by atoms with van der Waals surface area (Å²) in [5, 5.41) is 8.72. The van der Waals surface area contributed by atoms with Crippen LogP contribution < -0.4 is 9.47 Å². The molecule has 3 rings (SSSR count). The molecule has 0 unspecified atom stereocenters. The highest BCUT2D eigenvalue weighted by Crippen LogP contribution is 2.39. The molecule has 0 bridgehead atoms. The minimum atomic E-state index is -0.651. The molecule has 1 aliphatic rings. The average molecular weight is 545 g/mol. The predicted octanol–water partition coefficient (Wildman–Crippen LogP) is 4.90. The molecule has 0 aromatic heterocycles. The molecular weight excluding hydrogens is 524 g/mol. The van der Waals surface area contributed by atoms with E-state index in [0.29, 0.717) is 27.1 Å². The van der Waals surface area contributed by atoms with Gasteiger partial charge in [-0.2, -0.15) is 5.26 Å². The average Bonchev–Trinajstić information content (AvgIpc) is 3.04. The van der Waals surface area contributed by atoms with Crippen molar-refractivity contribution < 1.29 is 28.6 Å². The number of amides is 2. The number of benzene rings is 2. The fraction of sp³-hybridized carbons (Fsp3) is 0.250. The van der Waals surface area contributed by atoms with Crippen molar-refractivity contribution >= 4 is 50.9 Å². The fourth-order valence-electron chi connectivity index (χ4n) is 3.09. The number of imide groups is 1. The molecule has 34 heavy (non-hydrogen) atoms. The van der Waals surface area contributed by atoms with E-state index >= 15 is 0 Å². The topological polar surface area (TPSA) is 106 Å². The molecule has 0 radical (unpaired) electrons. The lowest BCUT2D eigenvalue weighted by atomic mass is 10.1. The molecule has 176 valence electrons. The van der Waals surface area contributed by atoms with Gasteiger partial charge in [0, 0.05) is 5.56 Å². The Balaban J connectivity index is 1.80. The van der Waals surface area contributed by atoms with Gasteiger partial charge in [-0.1, -0.05) is 18.2 Å². The summed E-state index contributed by atoms with van der Waals surface area (Å²) in [5.41, 5.74) is 1.83. The largest absolute Gasteiger partial charge is 0.493 e. The number of hydrogen-bond donors (Lipinski definition) is 0. The van der Waals surface area contributed by atoms with Crippen LogP contribution in [-0.4, -0.2) is 41.8 Å². The SMILES string of the molecule is COc1cc(/C=C2/SC(=O)N(CC(=O)OC(C)C)C2=O)cc(Br)c1OCc1ccccc1C#N. The molecule has 1 aliphatic heterocycles. The zero-order chi connectivity index (χ0) is 24.8. The van der Waals surface area contributed by atoms with Crippen molar-refractivity contribution in [2.24, 2.45) is 0 Å². The lowest BCUT2D eigenvalue weighted by Gasteiger charge is -2.14. The van der Waals surface area contributed by atoms with Gasteiger partial charge in [-0.15, -0.1) is 0 Å². The Hall–Kier alpha value is -3.29. The number of halogens is 1. The van der Waals surface area contributed by atoms with Gasteiger partial charge in [-0.05, 0) is 71.4 Å². The number of nitrogens with zero attached hydrogens (tertiary/aromatic N) is 2. The predicted molar refractivity (Wildman–Crippen MR) is 130 cm³/mol. The molecule has 1 saturated heterocycles. The van der Waals surface area contributed by atoms with Gasteiger partial charge < -0.3 is 14.2 Å². The van der Waals surface area contributed by atoms with Crippen molar-refractivity contribution in [1.82, 2.24) is 4.90 Å². The summed E-state index contributed by atoms with van der Waals surface area (Å²) in [6.07, 6.45) is 1.20. The lowest BCUT2D eigenvalue weighted by Crippen LogP contribution is -2.35. The number of carbonyl (C=O) groups is 3. The molecule has 0 N–H and O–H groups in total. The van der Waals surface area contributed by atoms with Crippen molar-refractivity contribution in [3.05, 3.63) is 62.5 Å². The first-order valence-electron chi connectivity index (χ1n) is 10.2. The first-order chi connectivity index (χ1) is 16.2. The molecule has 10 heteroatoms. The first kappa shape index (κ1) is 25.3. The molecule has 1 heterocycles. The fourth-order valence-corrected chi connectivity index (χ4v) is 4.50. The highest BCUT2D eigenvalue weighted by atomic mass is 79.9. The van der Waals surface area contributed by atoms with Crippen LogP contribution in [0.25, 0.3) is 6.08 Å². The van der Waals surface area contributed by atoms with Gasteiger partial charge in [0.05, 0.1) is 34.2 Å². The highest BCUT2D eigenvalue weighted by molar-refractivity contribution is 9.10. The van der Waals surface area contributed by atoms with Crippen LogP contribution in [-0.2, 0) is 20.9 Å². The van der Waals surface area contributed by atoms with Gasteiger partial charge in [0.1, 0.15) is 13.2 Å². The number of thioether (sulfide) groups is 1. The zero-order valence-electron chi connectivity index (χ0n) is 18.7. The monoisotopic (exact) mass is 544 g/mol. The van der Waals surface area contributed by atoms with E-state index < -0.39 is 23.7 Å². The quantitative estimate of drug-likeness (QED) is 0.341. The van der Waals surface area contributed by atoms with Gasteiger partial charge in [0.25, 0.3) is 11.1 Å². The second kappa shape index (κ2) is 11.2. The lowest BCUT2D eigenvalue weighted by molar-refractivity contribution is -0.149. The maximum absolute atomic E-state index is 12.7. The molecule has 2 amide bonds. The van der Waals surface area contributed by atoms with E-state index in [0.717, 1.165) is 22.2 Å². The Morgan fingerprint density at radius 1 is 1.26 bits per heavy atom. The molecule has 0 atom stereocenters. The molecular formula is C24H21BrN2O6S. The third kappa shape index (κ3) is 5.98. The third-order valence-electron chi connectivity index (χ3n) is 4.59. The van der Waals surface area contributed by atoms with E-state index in [4.69, 9.17) is 14.2 Å². The van der Waals surface area contributed by atoms with E-state index in [1.807, 2.05) is 6.07 Å². The van der Waals surface area contributed by atoms with Crippen LogP contribution in [0.15, 0.2) is 45.8 Å². The van der Waals surface area contributed by atoms with Gasteiger partial charge in [0.2, 0.25) is 0 Å². The highest BCUT2D eigenvalue weighted by Gasteiger charge is 2.36. The smallest absolute Gasteiger partial charge is 0.326 e. The minimum absolute atomic E-state index is 0.156. The van der Waals surface area contributed by atoms with Crippen LogP contribution in [0.3, 0.4) is 0 Å². The standard InChI is InChI=1S/C24H21BrN2O6S/c1-14(2)33-21(28)12-27-23(29)20(34-24(27)30)10-15-8-18(25)22(19(9-15)31-3)32-13-17-7-5-4-6-16(17)11-26/h4-10,14H,12-13H2,1-3H3/b20-10+. The molecule has 0 saturated carbocycles. The van der Waals surface area contributed by atoms with Crippen LogP contribution >= 0.6 is 27.7 Å². The molecule has 2 aromatic carbocycles. The molecule has 0 aliphatic carbocycles. The summed E-state index contributed by atoms with van der Waals surface area (Å²) in [6.45, 7) is 3.09. The van der Waals surface area contributed by atoms with Crippen molar-refractivity contribution in [2.75, 3.05) is 13.7 Å². The summed E-state index contributed by atoms with van der Waals surface area (Å²) in [5.74, 6) is -0.395. The summed E-state index contributed by atoms with van der Waals surface area (Å²) < 4.78 is 17.0. The number of nitriles is 1. The number of esters is 1. The summed E-state index contributed by atoms with van der Waals surface area (Å²) in [7, 11) is 1.48. The Labute approximate surface area is 209 Å². The van der Waals surface area contributed by atoms with E-state index in [9.17, 15) is 19.6 Å². The Morgan fingerprint density at radius 2 is 2.00 bits per heavy atom. The molecule has 8 nitrogen and oxygen atoms in total.